The zero-order valence-corrected chi connectivity index (χ0v) is 11.2. The van der Waals surface area contributed by atoms with Gasteiger partial charge in [0.1, 0.15) is 5.82 Å². The van der Waals surface area contributed by atoms with Gasteiger partial charge in [-0.1, -0.05) is 24.3 Å². The molecule has 0 aliphatic carbocycles. The summed E-state index contributed by atoms with van der Waals surface area (Å²) in [6, 6.07) is 9.55. The highest BCUT2D eigenvalue weighted by Crippen LogP contribution is 2.12. The van der Waals surface area contributed by atoms with Gasteiger partial charge < -0.3 is 11.1 Å². The summed E-state index contributed by atoms with van der Waals surface area (Å²) < 4.78 is 1.65. The Morgan fingerprint density at radius 1 is 1.37 bits per heavy atom. The fourth-order valence-corrected chi connectivity index (χ4v) is 2.02. The summed E-state index contributed by atoms with van der Waals surface area (Å²) in [5, 5.41) is 7.04. The lowest BCUT2D eigenvalue weighted by Gasteiger charge is -2.08. The lowest BCUT2D eigenvalue weighted by molar-refractivity contribution is -0.115. The summed E-state index contributed by atoms with van der Waals surface area (Å²) in [6.07, 6.45) is 0.317. The summed E-state index contributed by atoms with van der Waals surface area (Å²) in [7, 11) is 1.80. The second kappa shape index (κ2) is 5.67. The Kier molecular flexibility index (Phi) is 3.97. The summed E-state index contributed by atoms with van der Waals surface area (Å²) in [6.45, 7) is 2.33. The van der Waals surface area contributed by atoms with Gasteiger partial charge in [0.25, 0.3) is 0 Å². The van der Waals surface area contributed by atoms with Gasteiger partial charge in [0, 0.05) is 19.7 Å². The Labute approximate surface area is 112 Å². The highest BCUT2D eigenvalue weighted by atomic mass is 16.1. The summed E-state index contributed by atoms with van der Waals surface area (Å²) in [4.78, 5) is 12.0. The topological polar surface area (TPSA) is 72.9 Å². The number of hydrogen-bond donors (Lipinski definition) is 2. The molecule has 1 amide bonds. The van der Waals surface area contributed by atoms with Gasteiger partial charge in [0.2, 0.25) is 5.91 Å². The van der Waals surface area contributed by atoms with Gasteiger partial charge in [-0.3, -0.25) is 9.48 Å². The maximum atomic E-state index is 12.0. The molecule has 5 heteroatoms. The van der Waals surface area contributed by atoms with Gasteiger partial charge in [-0.25, -0.2) is 0 Å². The van der Waals surface area contributed by atoms with E-state index in [1.54, 1.807) is 11.7 Å². The van der Waals surface area contributed by atoms with Crippen LogP contribution in [0.25, 0.3) is 0 Å². The quantitative estimate of drug-likeness (QED) is 0.870. The van der Waals surface area contributed by atoms with Gasteiger partial charge in [0.15, 0.2) is 0 Å². The smallest absolute Gasteiger partial charge is 0.229 e. The molecule has 19 heavy (non-hydrogen) atoms. The van der Waals surface area contributed by atoms with Gasteiger partial charge in [-0.2, -0.15) is 5.10 Å². The molecule has 5 nitrogen and oxygen atoms in total. The highest BCUT2D eigenvalue weighted by Gasteiger charge is 2.09. The van der Waals surface area contributed by atoms with Crippen LogP contribution < -0.4 is 11.1 Å². The minimum Gasteiger partial charge on any atom is -0.326 e. The minimum atomic E-state index is -0.0658. The van der Waals surface area contributed by atoms with E-state index in [0.717, 1.165) is 16.8 Å². The third-order valence-electron chi connectivity index (χ3n) is 2.96. The molecule has 1 aromatic heterocycles. The van der Waals surface area contributed by atoms with Crippen molar-refractivity contribution in [1.29, 1.82) is 0 Å². The Morgan fingerprint density at radius 3 is 2.63 bits per heavy atom. The average molecular weight is 258 g/mol. The molecular weight excluding hydrogens is 240 g/mol. The van der Waals surface area contributed by atoms with Crippen molar-refractivity contribution in [2.75, 3.05) is 5.32 Å². The molecule has 0 aliphatic heterocycles. The molecule has 0 saturated carbocycles. The lowest BCUT2D eigenvalue weighted by atomic mass is 10.0. The van der Waals surface area contributed by atoms with E-state index in [2.05, 4.69) is 10.4 Å². The van der Waals surface area contributed by atoms with Crippen LogP contribution in [-0.2, 0) is 24.8 Å². The average Bonchev–Trinajstić information content (AvgIpc) is 2.68. The predicted molar refractivity (Wildman–Crippen MR) is 74.6 cm³/mol. The van der Waals surface area contributed by atoms with E-state index in [-0.39, 0.29) is 5.91 Å². The predicted octanol–water partition coefficient (Wildman–Crippen LogP) is 1.37. The number of aromatic nitrogens is 2. The van der Waals surface area contributed by atoms with Crippen LogP contribution >= 0.6 is 0 Å². The molecule has 100 valence electrons. The van der Waals surface area contributed by atoms with Crippen LogP contribution in [0, 0.1) is 6.92 Å². The third kappa shape index (κ3) is 3.20. The normalized spacial score (nSPS) is 10.5. The van der Waals surface area contributed by atoms with Crippen LogP contribution in [0.4, 0.5) is 5.82 Å². The first kappa shape index (κ1) is 13.3. The van der Waals surface area contributed by atoms with Crippen LogP contribution in [0.2, 0.25) is 0 Å². The number of aryl methyl sites for hydroxylation is 2. The van der Waals surface area contributed by atoms with Crippen molar-refractivity contribution in [1.82, 2.24) is 9.78 Å². The number of nitrogens with two attached hydrogens (primary N) is 1. The van der Waals surface area contributed by atoms with Crippen molar-refractivity contribution in [2.45, 2.75) is 19.9 Å². The van der Waals surface area contributed by atoms with E-state index in [0.29, 0.717) is 18.8 Å². The molecule has 0 aliphatic rings. The Balaban J connectivity index is 2.07. The number of nitrogens with zero attached hydrogens (tertiary/aromatic N) is 2. The fraction of sp³-hybridized carbons (Fsp3) is 0.286. The van der Waals surface area contributed by atoms with Gasteiger partial charge in [-0.05, 0) is 18.1 Å². The minimum absolute atomic E-state index is 0.0658. The number of benzene rings is 1. The molecular formula is C14H18N4O. The molecule has 0 fully saturated rings. The van der Waals surface area contributed by atoms with Crippen LogP contribution in [0.5, 0.6) is 0 Å². The number of carbonyl (C=O) groups excluding carboxylic acids is 1. The number of hydrogen-bond acceptors (Lipinski definition) is 3. The zero-order chi connectivity index (χ0) is 13.8. The van der Waals surface area contributed by atoms with Crippen LogP contribution in [0.1, 0.15) is 16.8 Å². The number of rotatable bonds is 4. The van der Waals surface area contributed by atoms with Crippen molar-refractivity contribution in [2.24, 2.45) is 12.8 Å². The maximum Gasteiger partial charge on any atom is 0.229 e. The van der Waals surface area contributed by atoms with E-state index in [1.807, 2.05) is 37.3 Å². The largest absolute Gasteiger partial charge is 0.326 e. The first-order valence-electron chi connectivity index (χ1n) is 6.17. The first-order valence-corrected chi connectivity index (χ1v) is 6.17. The maximum absolute atomic E-state index is 12.0. The van der Waals surface area contributed by atoms with E-state index < -0.39 is 0 Å². The number of nitrogens with one attached hydrogen (secondary N) is 1. The number of carbonyl (C=O) groups is 1. The zero-order valence-electron chi connectivity index (χ0n) is 11.2. The Morgan fingerprint density at radius 2 is 2.05 bits per heavy atom. The van der Waals surface area contributed by atoms with Crippen LogP contribution in [0.15, 0.2) is 30.3 Å². The van der Waals surface area contributed by atoms with E-state index >= 15 is 0 Å². The molecule has 3 N–H and O–H groups in total. The molecule has 0 unspecified atom stereocenters. The molecule has 0 saturated heterocycles. The number of amides is 1. The van der Waals surface area contributed by atoms with Gasteiger partial charge >= 0.3 is 0 Å². The summed E-state index contributed by atoms with van der Waals surface area (Å²) in [5.74, 6) is 0.636. The second-order valence-corrected chi connectivity index (χ2v) is 4.49. The van der Waals surface area contributed by atoms with Gasteiger partial charge in [0.05, 0.1) is 12.1 Å². The Bertz CT molecular complexity index is 589. The summed E-state index contributed by atoms with van der Waals surface area (Å²) in [5.41, 5.74) is 8.49. The number of anilines is 1. The molecule has 0 bridgehead atoms. The molecule has 0 atom stereocenters. The third-order valence-corrected chi connectivity index (χ3v) is 2.96. The monoisotopic (exact) mass is 258 g/mol. The molecule has 1 aromatic carbocycles. The molecule has 2 rings (SSSR count). The molecule has 1 heterocycles. The molecule has 0 radical (unpaired) electrons. The fourth-order valence-electron chi connectivity index (χ4n) is 2.02. The summed E-state index contributed by atoms with van der Waals surface area (Å²) >= 11 is 0. The Hall–Kier alpha value is -2.14. The van der Waals surface area contributed by atoms with Crippen molar-refractivity contribution >= 4 is 11.7 Å². The van der Waals surface area contributed by atoms with Crippen molar-refractivity contribution in [3.05, 3.63) is 47.2 Å². The van der Waals surface area contributed by atoms with Crippen LogP contribution in [-0.4, -0.2) is 15.7 Å². The molecule has 2 aromatic rings. The van der Waals surface area contributed by atoms with E-state index in [9.17, 15) is 4.79 Å². The lowest BCUT2D eigenvalue weighted by Crippen LogP contribution is -2.18. The van der Waals surface area contributed by atoms with Gasteiger partial charge in [-0.15, -0.1) is 0 Å². The molecule has 0 spiro atoms. The first-order chi connectivity index (χ1) is 9.10. The second-order valence-electron chi connectivity index (χ2n) is 4.49. The van der Waals surface area contributed by atoms with E-state index in [4.69, 9.17) is 5.73 Å². The van der Waals surface area contributed by atoms with Crippen LogP contribution in [0.3, 0.4) is 0 Å². The van der Waals surface area contributed by atoms with Crippen molar-refractivity contribution in [3.8, 4) is 0 Å². The van der Waals surface area contributed by atoms with E-state index in [1.165, 1.54) is 0 Å². The highest BCUT2D eigenvalue weighted by molar-refractivity contribution is 5.91. The SMILES string of the molecule is Cc1cc(NC(=O)Cc2ccccc2CN)n(C)n1. The standard InChI is InChI=1S/C14H18N4O/c1-10-7-13(18(2)17-10)16-14(19)8-11-5-3-4-6-12(11)9-15/h3-7H,8-9,15H2,1-2H3,(H,16,19). The van der Waals surface area contributed by atoms with Crippen molar-refractivity contribution < 1.29 is 4.79 Å². The van der Waals surface area contributed by atoms with Crippen molar-refractivity contribution in [3.63, 3.8) is 0 Å².